The number of carbonyl (C=O) groups excluding carboxylic acids is 2. The van der Waals surface area contributed by atoms with E-state index in [4.69, 9.17) is 5.73 Å². The number of amides is 2. The van der Waals surface area contributed by atoms with Gasteiger partial charge >= 0.3 is 0 Å². The zero-order valence-electron chi connectivity index (χ0n) is 14.8. The highest BCUT2D eigenvalue weighted by Crippen LogP contribution is 2.47. The fourth-order valence-electron chi connectivity index (χ4n) is 4.78. The predicted octanol–water partition coefficient (Wildman–Crippen LogP) is 0.467. The molecule has 2 amide bonds. The Bertz CT molecular complexity index is 460. The van der Waals surface area contributed by atoms with Crippen LogP contribution in [0.5, 0.6) is 0 Å². The Labute approximate surface area is 144 Å². The molecule has 0 radical (unpaired) electrons. The van der Waals surface area contributed by atoms with Crippen LogP contribution in [-0.2, 0) is 9.59 Å². The van der Waals surface area contributed by atoms with Gasteiger partial charge in [0.1, 0.15) is 0 Å². The van der Waals surface area contributed by atoms with E-state index in [2.05, 4.69) is 22.5 Å². The van der Waals surface area contributed by atoms with Crippen molar-refractivity contribution in [2.75, 3.05) is 26.2 Å². The first-order valence-electron chi connectivity index (χ1n) is 9.63. The molecule has 1 saturated heterocycles. The number of piperidine rings is 1. The van der Waals surface area contributed by atoms with E-state index in [0.29, 0.717) is 18.4 Å². The number of carbonyl (C=O) groups is 2. The fraction of sp³-hybridized carbons (Fsp3) is 0.889. The zero-order chi connectivity index (χ0) is 17.1. The van der Waals surface area contributed by atoms with Gasteiger partial charge < -0.3 is 16.4 Å². The highest BCUT2D eigenvalue weighted by Gasteiger charge is 2.49. The molecule has 0 aromatic heterocycles. The van der Waals surface area contributed by atoms with Gasteiger partial charge in [-0.1, -0.05) is 6.92 Å². The monoisotopic (exact) mass is 336 g/mol. The SMILES string of the molecule is CCCNC(=O)CN1CCC(NC(=O)C2C3CCC(C3)C2N)CC1. The Hall–Kier alpha value is -1.14. The Balaban J connectivity index is 1.39. The average molecular weight is 336 g/mol. The summed E-state index contributed by atoms with van der Waals surface area (Å²) in [5, 5.41) is 6.15. The van der Waals surface area contributed by atoms with Crippen molar-refractivity contribution in [3.05, 3.63) is 0 Å². The first kappa shape index (κ1) is 17.7. The summed E-state index contributed by atoms with van der Waals surface area (Å²) in [6.45, 7) is 5.00. The number of rotatable bonds is 6. The van der Waals surface area contributed by atoms with E-state index in [9.17, 15) is 9.59 Å². The third-order valence-electron chi connectivity index (χ3n) is 6.16. The van der Waals surface area contributed by atoms with Crippen LogP contribution in [-0.4, -0.2) is 55.0 Å². The summed E-state index contributed by atoms with van der Waals surface area (Å²) in [6, 6.07) is 0.296. The smallest absolute Gasteiger partial charge is 0.234 e. The van der Waals surface area contributed by atoms with Crippen molar-refractivity contribution in [2.45, 2.75) is 57.5 Å². The minimum atomic E-state index is 0.0293. The minimum Gasteiger partial charge on any atom is -0.355 e. The van der Waals surface area contributed by atoms with Crippen LogP contribution in [0.2, 0.25) is 0 Å². The van der Waals surface area contributed by atoms with Gasteiger partial charge in [-0.15, -0.1) is 0 Å². The molecule has 1 aliphatic heterocycles. The molecule has 2 bridgehead atoms. The van der Waals surface area contributed by atoms with Crippen LogP contribution in [0.1, 0.15) is 45.4 Å². The van der Waals surface area contributed by atoms with Crippen molar-refractivity contribution in [3.8, 4) is 0 Å². The quantitative estimate of drug-likeness (QED) is 0.658. The maximum atomic E-state index is 12.6. The van der Waals surface area contributed by atoms with Crippen LogP contribution in [0.15, 0.2) is 0 Å². The molecule has 6 nitrogen and oxygen atoms in total. The summed E-state index contributed by atoms with van der Waals surface area (Å²) in [4.78, 5) is 26.6. The third-order valence-corrected chi connectivity index (χ3v) is 6.16. The van der Waals surface area contributed by atoms with Crippen LogP contribution >= 0.6 is 0 Å². The first-order valence-corrected chi connectivity index (χ1v) is 9.63. The topological polar surface area (TPSA) is 87.5 Å². The fourth-order valence-corrected chi connectivity index (χ4v) is 4.78. The Morgan fingerprint density at radius 3 is 2.46 bits per heavy atom. The number of fused-ring (bicyclic) bond motifs is 2. The number of hydrogen-bond donors (Lipinski definition) is 3. The lowest BCUT2D eigenvalue weighted by Gasteiger charge is -2.34. The highest BCUT2D eigenvalue weighted by atomic mass is 16.2. The molecule has 0 spiro atoms. The maximum absolute atomic E-state index is 12.6. The van der Waals surface area contributed by atoms with Crippen molar-refractivity contribution in [1.29, 1.82) is 0 Å². The van der Waals surface area contributed by atoms with Crippen molar-refractivity contribution >= 4 is 11.8 Å². The van der Waals surface area contributed by atoms with E-state index in [1.807, 2.05) is 0 Å². The lowest BCUT2D eigenvalue weighted by Crippen LogP contribution is -2.51. The van der Waals surface area contributed by atoms with Gasteiger partial charge in [-0.25, -0.2) is 0 Å². The molecule has 2 saturated carbocycles. The van der Waals surface area contributed by atoms with Gasteiger partial charge in [0.15, 0.2) is 0 Å². The van der Waals surface area contributed by atoms with Crippen molar-refractivity contribution in [1.82, 2.24) is 15.5 Å². The van der Waals surface area contributed by atoms with Gasteiger partial charge in [0.05, 0.1) is 12.5 Å². The summed E-state index contributed by atoms with van der Waals surface area (Å²) in [5.41, 5.74) is 6.27. The number of nitrogens with zero attached hydrogens (tertiary/aromatic N) is 1. The van der Waals surface area contributed by atoms with E-state index in [1.165, 1.54) is 12.8 Å². The van der Waals surface area contributed by atoms with Crippen molar-refractivity contribution in [3.63, 3.8) is 0 Å². The summed E-state index contributed by atoms with van der Waals surface area (Å²) in [5.74, 6) is 1.38. The Morgan fingerprint density at radius 2 is 1.83 bits per heavy atom. The van der Waals surface area contributed by atoms with Crippen molar-refractivity contribution in [2.24, 2.45) is 23.5 Å². The second-order valence-electron chi connectivity index (χ2n) is 7.85. The number of nitrogens with one attached hydrogen (secondary N) is 2. The van der Waals surface area contributed by atoms with Crippen LogP contribution in [0.4, 0.5) is 0 Å². The summed E-state index contributed by atoms with van der Waals surface area (Å²) in [6.07, 6.45) is 6.32. The van der Waals surface area contributed by atoms with Gasteiger partial charge in [-0.2, -0.15) is 0 Å². The molecule has 0 aromatic carbocycles. The van der Waals surface area contributed by atoms with Gasteiger partial charge in [0.2, 0.25) is 11.8 Å². The highest BCUT2D eigenvalue weighted by molar-refractivity contribution is 5.80. The normalized spacial score (nSPS) is 33.6. The molecule has 4 atom stereocenters. The minimum absolute atomic E-state index is 0.0293. The van der Waals surface area contributed by atoms with E-state index < -0.39 is 0 Å². The molecule has 6 heteroatoms. The Kier molecular flexibility index (Phi) is 5.76. The lowest BCUT2D eigenvalue weighted by molar-refractivity contribution is -0.128. The zero-order valence-corrected chi connectivity index (χ0v) is 14.8. The summed E-state index contributed by atoms with van der Waals surface area (Å²) >= 11 is 0. The molecule has 3 rings (SSSR count). The molecular formula is C18H32N4O2. The van der Waals surface area contributed by atoms with Gasteiger partial charge in [-0.3, -0.25) is 14.5 Å². The molecule has 0 aromatic rings. The second-order valence-corrected chi connectivity index (χ2v) is 7.85. The van der Waals surface area contributed by atoms with Crippen LogP contribution in [0, 0.1) is 17.8 Å². The number of likely N-dealkylation sites (tertiary alicyclic amines) is 1. The van der Waals surface area contributed by atoms with Gasteiger partial charge in [-0.05, 0) is 50.4 Å². The molecule has 2 aliphatic carbocycles. The van der Waals surface area contributed by atoms with Crippen LogP contribution < -0.4 is 16.4 Å². The van der Waals surface area contributed by atoms with Crippen molar-refractivity contribution < 1.29 is 9.59 Å². The summed E-state index contributed by atoms with van der Waals surface area (Å²) < 4.78 is 0. The average Bonchev–Trinajstić information content (AvgIpc) is 3.15. The molecular weight excluding hydrogens is 304 g/mol. The van der Waals surface area contributed by atoms with Crippen LogP contribution in [0.25, 0.3) is 0 Å². The third kappa shape index (κ3) is 3.91. The number of hydrogen-bond acceptors (Lipinski definition) is 4. The summed E-state index contributed by atoms with van der Waals surface area (Å²) in [7, 11) is 0. The molecule has 3 fully saturated rings. The van der Waals surface area contributed by atoms with E-state index in [-0.39, 0.29) is 29.8 Å². The standard InChI is InChI=1S/C18H32N4O2/c1-2-7-20-15(23)11-22-8-5-14(6-9-22)21-18(24)16-12-3-4-13(10-12)17(16)19/h12-14,16-17H,2-11,19H2,1H3,(H,20,23)(H,21,24). The second kappa shape index (κ2) is 7.83. The van der Waals surface area contributed by atoms with Gasteiger partial charge in [0, 0.05) is 31.7 Å². The largest absolute Gasteiger partial charge is 0.355 e. The predicted molar refractivity (Wildman–Crippen MR) is 93.2 cm³/mol. The molecule has 1 heterocycles. The van der Waals surface area contributed by atoms with E-state index >= 15 is 0 Å². The molecule has 3 aliphatic rings. The molecule has 136 valence electrons. The lowest BCUT2D eigenvalue weighted by atomic mass is 9.84. The maximum Gasteiger partial charge on any atom is 0.234 e. The molecule has 4 unspecified atom stereocenters. The van der Waals surface area contributed by atoms with E-state index in [0.717, 1.165) is 45.3 Å². The van der Waals surface area contributed by atoms with Crippen LogP contribution in [0.3, 0.4) is 0 Å². The molecule has 4 N–H and O–H groups in total. The van der Waals surface area contributed by atoms with Gasteiger partial charge in [0.25, 0.3) is 0 Å². The Morgan fingerprint density at radius 1 is 1.12 bits per heavy atom. The molecule has 24 heavy (non-hydrogen) atoms. The van der Waals surface area contributed by atoms with E-state index in [1.54, 1.807) is 0 Å². The number of nitrogens with two attached hydrogens (primary N) is 1. The first-order chi connectivity index (χ1) is 11.6.